The Bertz CT molecular complexity index is 1300. The number of nitrogens with one attached hydrogen (secondary N) is 1. The molecule has 0 bridgehead atoms. The standard InChI is InChI=1S/C25H24N6O3/c1-34-21-12-6-18(7-13-21)26-24-22-4-2-3-5-23(22)27-25(28-24)30-16-14-29(15-17-30)19-8-10-20(11-9-19)31(32)33/h2-13H,14-17H2,1H3,(H,26,27,28). The number of non-ortho nitro benzene ring substituents is 1. The van der Waals surface area contributed by atoms with E-state index < -0.39 is 0 Å². The van der Waals surface area contributed by atoms with Gasteiger partial charge in [0.2, 0.25) is 5.95 Å². The maximum atomic E-state index is 10.9. The van der Waals surface area contributed by atoms with Crippen LogP contribution in [0.25, 0.3) is 10.9 Å². The molecule has 1 aliphatic rings. The predicted molar refractivity (Wildman–Crippen MR) is 133 cm³/mol. The lowest BCUT2D eigenvalue weighted by Crippen LogP contribution is -2.47. The molecule has 0 aliphatic carbocycles. The smallest absolute Gasteiger partial charge is 0.269 e. The van der Waals surface area contributed by atoms with Gasteiger partial charge in [-0.05, 0) is 48.5 Å². The number of nitro benzene ring substituents is 1. The molecular formula is C25H24N6O3. The lowest BCUT2D eigenvalue weighted by Gasteiger charge is -2.36. The van der Waals surface area contributed by atoms with Gasteiger partial charge in [0.25, 0.3) is 5.69 Å². The molecular weight excluding hydrogens is 432 g/mol. The minimum Gasteiger partial charge on any atom is -0.497 e. The van der Waals surface area contributed by atoms with Crippen LogP contribution in [-0.2, 0) is 0 Å². The molecule has 4 aromatic rings. The van der Waals surface area contributed by atoms with Crippen molar-refractivity contribution in [3.63, 3.8) is 0 Å². The van der Waals surface area contributed by atoms with Crippen LogP contribution >= 0.6 is 0 Å². The number of anilines is 4. The second-order valence-electron chi connectivity index (χ2n) is 7.99. The zero-order valence-electron chi connectivity index (χ0n) is 18.7. The predicted octanol–water partition coefficient (Wildman–Crippen LogP) is 4.62. The van der Waals surface area contributed by atoms with Crippen molar-refractivity contribution in [2.24, 2.45) is 0 Å². The van der Waals surface area contributed by atoms with Crippen LogP contribution < -0.4 is 19.9 Å². The number of nitrogens with zero attached hydrogens (tertiary/aromatic N) is 5. The van der Waals surface area contributed by atoms with Crippen LogP contribution in [0, 0.1) is 10.1 Å². The number of hydrogen-bond donors (Lipinski definition) is 1. The maximum Gasteiger partial charge on any atom is 0.269 e. The first-order valence-electron chi connectivity index (χ1n) is 11.0. The fourth-order valence-corrected chi connectivity index (χ4v) is 4.06. The topological polar surface area (TPSA) is 96.7 Å². The number of rotatable bonds is 6. The van der Waals surface area contributed by atoms with Crippen molar-refractivity contribution in [2.45, 2.75) is 0 Å². The van der Waals surface area contributed by atoms with Gasteiger partial charge in [-0.3, -0.25) is 10.1 Å². The average molecular weight is 457 g/mol. The summed E-state index contributed by atoms with van der Waals surface area (Å²) in [6, 6.07) is 22.4. The summed E-state index contributed by atoms with van der Waals surface area (Å²) in [5.41, 5.74) is 2.87. The lowest BCUT2D eigenvalue weighted by molar-refractivity contribution is -0.384. The Morgan fingerprint density at radius 2 is 1.56 bits per heavy atom. The zero-order valence-corrected chi connectivity index (χ0v) is 18.7. The minimum atomic E-state index is -0.379. The van der Waals surface area contributed by atoms with Crippen molar-refractivity contribution in [1.29, 1.82) is 0 Å². The minimum absolute atomic E-state index is 0.101. The molecule has 0 saturated carbocycles. The third-order valence-electron chi connectivity index (χ3n) is 5.93. The fourth-order valence-electron chi connectivity index (χ4n) is 4.06. The Hall–Kier alpha value is -4.40. The van der Waals surface area contributed by atoms with Gasteiger partial charge in [-0.25, -0.2) is 4.98 Å². The van der Waals surface area contributed by atoms with Gasteiger partial charge in [0.05, 0.1) is 17.5 Å². The molecule has 0 amide bonds. The largest absolute Gasteiger partial charge is 0.497 e. The molecule has 9 heteroatoms. The third-order valence-corrected chi connectivity index (χ3v) is 5.93. The highest BCUT2D eigenvalue weighted by atomic mass is 16.6. The van der Waals surface area contributed by atoms with Crippen LogP contribution in [-0.4, -0.2) is 48.2 Å². The first-order valence-corrected chi connectivity index (χ1v) is 11.0. The van der Waals surface area contributed by atoms with Gasteiger partial charge >= 0.3 is 0 Å². The highest BCUT2D eigenvalue weighted by molar-refractivity contribution is 5.91. The van der Waals surface area contributed by atoms with Crippen molar-refractivity contribution in [1.82, 2.24) is 9.97 Å². The summed E-state index contributed by atoms with van der Waals surface area (Å²) >= 11 is 0. The Balaban J connectivity index is 1.36. The fraction of sp³-hybridized carbons (Fsp3) is 0.200. The third kappa shape index (κ3) is 4.40. The molecule has 1 N–H and O–H groups in total. The Morgan fingerprint density at radius 1 is 0.882 bits per heavy atom. The van der Waals surface area contributed by atoms with E-state index in [9.17, 15) is 10.1 Å². The Labute approximate surface area is 196 Å². The van der Waals surface area contributed by atoms with Crippen molar-refractivity contribution in [3.8, 4) is 5.75 Å². The molecule has 0 atom stereocenters. The number of nitro groups is 1. The molecule has 0 unspecified atom stereocenters. The van der Waals surface area contributed by atoms with E-state index in [1.165, 1.54) is 0 Å². The Morgan fingerprint density at radius 3 is 2.24 bits per heavy atom. The van der Waals surface area contributed by atoms with Crippen molar-refractivity contribution in [2.75, 3.05) is 48.4 Å². The number of benzene rings is 3. The highest BCUT2D eigenvalue weighted by Crippen LogP contribution is 2.28. The van der Waals surface area contributed by atoms with E-state index in [-0.39, 0.29) is 10.6 Å². The van der Waals surface area contributed by atoms with Gasteiger partial charge in [-0.2, -0.15) is 4.98 Å². The molecule has 172 valence electrons. The van der Waals surface area contributed by atoms with Gasteiger partial charge in [0.1, 0.15) is 11.6 Å². The maximum absolute atomic E-state index is 10.9. The molecule has 0 spiro atoms. The molecule has 34 heavy (non-hydrogen) atoms. The summed E-state index contributed by atoms with van der Waals surface area (Å²) in [5.74, 6) is 2.23. The number of methoxy groups -OCH3 is 1. The highest BCUT2D eigenvalue weighted by Gasteiger charge is 2.21. The number of fused-ring (bicyclic) bond motifs is 1. The molecule has 1 aliphatic heterocycles. The van der Waals surface area contributed by atoms with Crippen LogP contribution in [0.15, 0.2) is 72.8 Å². The summed E-state index contributed by atoms with van der Waals surface area (Å²) in [6.45, 7) is 3.04. The van der Waals surface area contributed by atoms with Crippen LogP contribution in [0.4, 0.5) is 28.8 Å². The monoisotopic (exact) mass is 456 g/mol. The number of hydrogen-bond acceptors (Lipinski definition) is 8. The number of piperazine rings is 1. The van der Waals surface area contributed by atoms with Gasteiger partial charge < -0.3 is 19.9 Å². The van der Waals surface area contributed by atoms with E-state index in [1.54, 1.807) is 31.4 Å². The summed E-state index contributed by atoms with van der Waals surface area (Å²) in [5, 5.41) is 15.3. The van der Waals surface area contributed by atoms with E-state index >= 15 is 0 Å². The molecule has 0 radical (unpaired) electrons. The van der Waals surface area contributed by atoms with Gasteiger partial charge in [0, 0.05) is 55.1 Å². The number of aromatic nitrogens is 2. The van der Waals surface area contributed by atoms with Crippen LogP contribution in [0.2, 0.25) is 0 Å². The van der Waals surface area contributed by atoms with Crippen molar-refractivity contribution in [3.05, 3.63) is 82.9 Å². The number of para-hydroxylation sites is 1. The second-order valence-corrected chi connectivity index (χ2v) is 7.99. The van der Waals surface area contributed by atoms with Crippen LogP contribution in [0.3, 0.4) is 0 Å². The first-order chi connectivity index (χ1) is 16.6. The normalized spacial score (nSPS) is 13.7. The van der Waals surface area contributed by atoms with E-state index in [1.807, 2.05) is 48.5 Å². The second kappa shape index (κ2) is 9.22. The van der Waals surface area contributed by atoms with Gasteiger partial charge in [-0.15, -0.1) is 0 Å². The summed E-state index contributed by atoms with van der Waals surface area (Å²) < 4.78 is 5.25. The summed E-state index contributed by atoms with van der Waals surface area (Å²) in [6.07, 6.45) is 0. The van der Waals surface area contributed by atoms with Crippen LogP contribution in [0.5, 0.6) is 5.75 Å². The SMILES string of the molecule is COc1ccc(Nc2nc(N3CCN(c4ccc([N+](=O)[O-])cc4)CC3)nc3ccccc23)cc1. The van der Waals surface area contributed by atoms with E-state index in [0.717, 1.165) is 60.0 Å². The summed E-state index contributed by atoms with van der Waals surface area (Å²) in [4.78, 5) is 24.6. The first kappa shape index (κ1) is 21.4. The lowest BCUT2D eigenvalue weighted by atomic mass is 10.2. The molecule has 1 fully saturated rings. The molecule has 1 aromatic heterocycles. The van der Waals surface area contributed by atoms with E-state index in [0.29, 0.717) is 5.95 Å². The van der Waals surface area contributed by atoms with Gasteiger partial charge in [-0.1, -0.05) is 12.1 Å². The quantitative estimate of drug-likeness (QED) is 0.332. The summed E-state index contributed by atoms with van der Waals surface area (Å²) in [7, 11) is 1.65. The van der Waals surface area contributed by atoms with Crippen LogP contribution in [0.1, 0.15) is 0 Å². The van der Waals surface area contributed by atoms with Crippen molar-refractivity contribution < 1.29 is 9.66 Å². The van der Waals surface area contributed by atoms with E-state index in [4.69, 9.17) is 14.7 Å². The number of ether oxygens (including phenoxy) is 1. The average Bonchev–Trinajstić information content (AvgIpc) is 2.89. The van der Waals surface area contributed by atoms with Crippen molar-refractivity contribution >= 4 is 39.7 Å². The molecule has 5 rings (SSSR count). The zero-order chi connectivity index (χ0) is 23.5. The Kier molecular flexibility index (Phi) is 5.82. The molecule has 1 saturated heterocycles. The molecule has 3 aromatic carbocycles. The van der Waals surface area contributed by atoms with E-state index in [2.05, 4.69) is 15.1 Å². The molecule has 2 heterocycles. The molecule has 9 nitrogen and oxygen atoms in total. The van der Waals surface area contributed by atoms with Gasteiger partial charge in [0.15, 0.2) is 0 Å².